The molecule has 0 aliphatic carbocycles. The molecule has 1 aromatic heterocycles. The lowest BCUT2D eigenvalue weighted by Crippen LogP contribution is -2.42. The molecule has 0 unspecified atom stereocenters. The van der Waals surface area contributed by atoms with Gasteiger partial charge in [-0.05, 0) is 36.4 Å². The summed E-state index contributed by atoms with van der Waals surface area (Å²) >= 11 is 12.7. The lowest BCUT2D eigenvalue weighted by atomic mass is 10.2. The number of fused-ring (bicyclic) bond motifs is 1. The molecule has 138 valence electrons. The number of urea groups is 1. The third-order valence-electron chi connectivity index (χ3n) is 4.01. The number of nitrogens with one attached hydrogen (secondary N) is 2. The van der Waals surface area contributed by atoms with Crippen molar-refractivity contribution < 1.29 is 9.53 Å². The zero-order chi connectivity index (χ0) is 19.8. The van der Waals surface area contributed by atoms with Gasteiger partial charge in [0.25, 0.3) is 0 Å². The Bertz CT molecular complexity index is 1190. The van der Waals surface area contributed by atoms with Crippen molar-refractivity contribution in [3.8, 4) is 17.6 Å². The zero-order valence-electron chi connectivity index (χ0n) is 14.2. The van der Waals surface area contributed by atoms with Crippen LogP contribution in [0.4, 0.5) is 10.5 Å². The predicted octanol–water partition coefficient (Wildman–Crippen LogP) is 5.19. The number of nitrogens with zero attached hydrogens (tertiary/aromatic N) is 3. The summed E-state index contributed by atoms with van der Waals surface area (Å²) in [5, 5.41) is 17.9. The maximum absolute atomic E-state index is 12.2. The second-order valence-electron chi connectivity index (χ2n) is 5.85. The molecule has 7 nitrogen and oxygen atoms in total. The number of carbonyl (C=O) groups is 1. The van der Waals surface area contributed by atoms with Crippen LogP contribution >= 0.6 is 23.2 Å². The van der Waals surface area contributed by atoms with E-state index in [1.165, 1.54) is 12.1 Å². The van der Waals surface area contributed by atoms with Crippen molar-refractivity contribution in [1.29, 1.82) is 5.26 Å². The van der Waals surface area contributed by atoms with Gasteiger partial charge >= 0.3 is 6.03 Å². The van der Waals surface area contributed by atoms with Crippen molar-refractivity contribution in [2.45, 2.75) is 0 Å². The highest BCUT2D eigenvalue weighted by Gasteiger charge is 2.26. The molecule has 0 spiro atoms. The number of H-pyrrole nitrogens is 1. The first-order valence-corrected chi connectivity index (χ1v) is 8.75. The second-order valence-corrected chi connectivity index (χ2v) is 6.66. The van der Waals surface area contributed by atoms with Crippen LogP contribution in [-0.4, -0.2) is 16.7 Å². The minimum atomic E-state index is -0.581. The fraction of sp³-hybridized carbons (Fsp3) is 0. The maximum Gasteiger partial charge on any atom is 0.347 e. The highest BCUT2D eigenvalue weighted by molar-refractivity contribution is 6.37. The number of aromatic nitrogens is 1. The summed E-state index contributed by atoms with van der Waals surface area (Å²) in [6.07, 6.45) is 1.83. The van der Waals surface area contributed by atoms with Crippen LogP contribution in [-0.2, 0) is 0 Å². The van der Waals surface area contributed by atoms with Gasteiger partial charge in [-0.3, -0.25) is 0 Å². The molecule has 0 saturated heterocycles. The van der Waals surface area contributed by atoms with Crippen LogP contribution in [0.15, 0.2) is 60.0 Å². The van der Waals surface area contributed by atoms with Gasteiger partial charge in [0.2, 0.25) is 0 Å². The van der Waals surface area contributed by atoms with Crippen LogP contribution in [0, 0.1) is 11.3 Å². The van der Waals surface area contributed by atoms with Gasteiger partial charge in [-0.2, -0.15) is 15.4 Å². The van der Waals surface area contributed by atoms with E-state index in [0.29, 0.717) is 5.75 Å². The molecule has 0 radical (unpaired) electrons. The van der Waals surface area contributed by atoms with E-state index in [-0.39, 0.29) is 32.9 Å². The van der Waals surface area contributed by atoms with E-state index < -0.39 is 6.03 Å². The highest BCUT2D eigenvalue weighted by Crippen LogP contribution is 2.40. The number of hydrazone groups is 1. The molecular weight excluding hydrogens is 401 g/mol. The van der Waals surface area contributed by atoms with Gasteiger partial charge in [0.15, 0.2) is 11.5 Å². The fourth-order valence-corrected chi connectivity index (χ4v) is 3.24. The first kappa shape index (κ1) is 17.9. The molecule has 2 amide bonds. The largest absolute Gasteiger partial charge is 0.454 e. The van der Waals surface area contributed by atoms with Gasteiger partial charge in [0.05, 0.1) is 21.4 Å². The highest BCUT2D eigenvalue weighted by atomic mass is 35.5. The monoisotopic (exact) mass is 411 g/mol. The van der Waals surface area contributed by atoms with Gasteiger partial charge in [-0.1, -0.05) is 29.8 Å². The van der Waals surface area contributed by atoms with Crippen LogP contribution in [0.1, 0.15) is 0 Å². The number of amides is 2. The molecule has 2 heterocycles. The normalized spacial score (nSPS) is 13.9. The lowest BCUT2D eigenvalue weighted by molar-refractivity contribution is 0.248. The number of anilines is 1. The van der Waals surface area contributed by atoms with E-state index in [1.54, 1.807) is 6.07 Å². The number of halogens is 2. The molecule has 1 aliphatic rings. The third-order valence-corrected chi connectivity index (χ3v) is 4.58. The summed E-state index contributed by atoms with van der Waals surface area (Å²) in [5.74, 6) is 0.800. The summed E-state index contributed by atoms with van der Waals surface area (Å²) in [6, 6.07) is 11.7. The Balaban J connectivity index is 1.68. The number of nitriles is 1. The minimum Gasteiger partial charge on any atom is -0.454 e. The number of hydrogen-bond donors (Lipinski definition) is 2. The van der Waals surface area contributed by atoms with E-state index >= 15 is 0 Å². The van der Waals surface area contributed by atoms with Crippen LogP contribution in [0.5, 0.6) is 11.5 Å². The smallest absolute Gasteiger partial charge is 0.347 e. The van der Waals surface area contributed by atoms with Crippen molar-refractivity contribution in [1.82, 2.24) is 10.3 Å². The Morgan fingerprint density at radius 2 is 1.93 bits per heavy atom. The fourth-order valence-electron chi connectivity index (χ4n) is 2.69. The van der Waals surface area contributed by atoms with Gasteiger partial charge in [-0.15, -0.1) is 0 Å². The topological polar surface area (TPSA) is 93.5 Å². The van der Waals surface area contributed by atoms with Crippen LogP contribution in [0.3, 0.4) is 0 Å². The molecule has 0 bridgehead atoms. The van der Waals surface area contributed by atoms with Gasteiger partial charge in [0, 0.05) is 17.1 Å². The minimum absolute atomic E-state index is 0.0213. The molecule has 2 N–H and O–H groups in total. The van der Waals surface area contributed by atoms with Crippen LogP contribution < -0.4 is 15.1 Å². The van der Waals surface area contributed by atoms with Crippen molar-refractivity contribution in [3.63, 3.8) is 0 Å². The summed E-state index contributed by atoms with van der Waals surface area (Å²) in [4.78, 5) is 15.3. The second kappa shape index (κ2) is 6.93. The molecule has 4 rings (SSSR count). The molecule has 28 heavy (non-hydrogen) atoms. The van der Waals surface area contributed by atoms with Gasteiger partial charge in [0.1, 0.15) is 11.8 Å². The quantitative estimate of drug-likeness (QED) is 0.620. The van der Waals surface area contributed by atoms with E-state index in [0.717, 1.165) is 15.9 Å². The van der Waals surface area contributed by atoms with Gasteiger partial charge in [-0.25, -0.2) is 4.79 Å². The maximum atomic E-state index is 12.2. The molecular formula is C19H11Cl2N5O2. The van der Waals surface area contributed by atoms with Crippen molar-refractivity contribution in [2.75, 3.05) is 5.01 Å². The molecule has 0 atom stereocenters. The van der Waals surface area contributed by atoms with Crippen molar-refractivity contribution in [3.05, 3.63) is 64.9 Å². The Kier molecular flexibility index (Phi) is 4.43. The number of hydrogen-bond acceptors (Lipinski definition) is 4. The van der Waals surface area contributed by atoms with E-state index in [4.69, 9.17) is 33.2 Å². The number of ether oxygens (including phenoxy) is 1. The van der Waals surface area contributed by atoms with E-state index in [2.05, 4.69) is 22.0 Å². The third kappa shape index (κ3) is 3.16. The molecule has 3 aromatic rings. The molecule has 2 aromatic carbocycles. The first-order valence-electron chi connectivity index (χ1n) is 7.99. The molecule has 9 heteroatoms. The molecule has 1 aliphatic heterocycles. The summed E-state index contributed by atoms with van der Waals surface area (Å²) < 4.78 is 5.85. The Hall–Kier alpha value is -3.47. The summed E-state index contributed by atoms with van der Waals surface area (Å²) in [5.41, 5.74) is 1.36. The van der Waals surface area contributed by atoms with Crippen LogP contribution in [0.25, 0.3) is 10.9 Å². The van der Waals surface area contributed by atoms with E-state index in [1.807, 2.05) is 30.5 Å². The lowest BCUT2D eigenvalue weighted by Gasteiger charge is -2.24. The van der Waals surface area contributed by atoms with Crippen molar-refractivity contribution >= 4 is 51.5 Å². The Labute approximate surface area is 169 Å². The van der Waals surface area contributed by atoms with E-state index in [9.17, 15) is 4.79 Å². The summed E-state index contributed by atoms with van der Waals surface area (Å²) in [7, 11) is 0. The standard InChI is InChI=1S/C19H11Cl2N5O2/c1-10-17(9-22)25-26(19(27)24-10)12-7-14(20)18(15(21)8-12)28-13-2-3-16-11(6-13)4-5-23-16/h2-8,23H,1H2,(H,24,27). The predicted molar refractivity (Wildman–Crippen MR) is 108 cm³/mol. The average molecular weight is 412 g/mol. The number of rotatable bonds is 3. The SMILES string of the molecule is C=C1NC(=O)N(c2cc(Cl)c(Oc3ccc4[nH]ccc4c3)c(Cl)c2)N=C1C#N. The van der Waals surface area contributed by atoms with Crippen LogP contribution in [0.2, 0.25) is 10.0 Å². The summed E-state index contributed by atoms with van der Waals surface area (Å²) in [6.45, 7) is 3.57. The Morgan fingerprint density at radius 3 is 2.64 bits per heavy atom. The van der Waals surface area contributed by atoms with Crippen molar-refractivity contribution in [2.24, 2.45) is 5.10 Å². The first-order chi connectivity index (χ1) is 13.5. The molecule has 0 saturated carbocycles. The van der Waals surface area contributed by atoms with Gasteiger partial charge < -0.3 is 15.0 Å². The number of aromatic amines is 1. The zero-order valence-corrected chi connectivity index (χ0v) is 15.7. The number of carbonyl (C=O) groups excluding carboxylic acids is 1. The number of benzene rings is 2. The number of allylic oxidation sites excluding steroid dienone is 1. The molecule has 0 fully saturated rings. The average Bonchev–Trinajstić information content (AvgIpc) is 3.12. The Morgan fingerprint density at radius 1 is 1.18 bits per heavy atom.